The van der Waals surface area contributed by atoms with Crippen molar-refractivity contribution in [1.29, 1.82) is 0 Å². The van der Waals surface area contributed by atoms with Crippen molar-refractivity contribution in [2.75, 3.05) is 7.11 Å². The Balaban J connectivity index is 2.37. The van der Waals surface area contributed by atoms with E-state index in [0.29, 0.717) is 0 Å². The second-order valence-electron chi connectivity index (χ2n) is 2.77. The largest absolute Gasteiger partial charge is 0.376 e. The van der Waals surface area contributed by atoms with E-state index in [1.807, 2.05) is 6.07 Å². The van der Waals surface area contributed by atoms with Crippen molar-refractivity contribution in [3.8, 4) is 0 Å². The number of hydrogen-bond donors (Lipinski definition) is 0. The molecular weight excluding hydrogens is 143 g/mol. The molecule has 1 aromatic carbocycles. The molecule has 0 heterocycles. The normalized spacial score (nSPS) is 20.7. The fourth-order valence-corrected chi connectivity index (χ4v) is 1.44. The zero-order valence-corrected chi connectivity index (χ0v) is 6.30. The van der Waals surface area contributed by atoms with Gasteiger partial charge in [0, 0.05) is 13.5 Å². The first-order valence-electron chi connectivity index (χ1n) is 3.62. The molecule has 1 aliphatic carbocycles. The van der Waals surface area contributed by atoms with Crippen molar-refractivity contribution in [2.45, 2.75) is 12.5 Å². The van der Waals surface area contributed by atoms with Gasteiger partial charge in [0.05, 0.1) is 6.10 Å². The summed E-state index contributed by atoms with van der Waals surface area (Å²) in [5.74, 6) is -0.175. The maximum Gasteiger partial charge on any atom is 0.123 e. The first kappa shape index (κ1) is 6.80. The van der Waals surface area contributed by atoms with Crippen LogP contribution in [0.3, 0.4) is 0 Å². The molecule has 58 valence electrons. The van der Waals surface area contributed by atoms with Gasteiger partial charge in [-0.3, -0.25) is 0 Å². The van der Waals surface area contributed by atoms with Crippen molar-refractivity contribution in [3.05, 3.63) is 35.1 Å². The van der Waals surface area contributed by atoms with Crippen LogP contribution < -0.4 is 0 Å². The summed E-state index contributed by atoms with van der Waals surface area (Å²) >= 11 is 0. The second-order valence-corrected chi connectivity index (χ2v) is 2.77. The summed E-state index contributed by atoms with van der Waals surface area (Å²) < 4.78 is 17.7. The minimum Gasteiger partial charge on any atom is -0.376 e. The Morgan fingerprint density at radius 1 is 1.55 bits per heavy atom. The molecule has 0 radical (unpaired) electrons. The molecule has 0 saturated carbocycles. The highest BCUT2D eigenvalue weighted by Crippen LogP contribution is 2.35. The van der Waals surface area contributed by atoms with Crippen molar-refractivity contribution in [3.63, 3.8) is 0 Å². The van der Waals surface area contributed by atoms with Gasteiger partial charge in [0.1, 0.15) is 5.82 Å². The average molecular weight is 152 g/mol. The fourth-order valence-electron chi connectivity index (χ4n) is 1.44. The molecule has 0 fully saturated rings. The van der Waals surface area contributed by atoms with Crippen LogP contribution in [-0.2, 0) is 11.2 Å². The molecule has 2 rings (SSSR count). The van der Waals surface area contributed by atoms with Crippen LogP contribution in [0.4, 0.5) is 4.39 Å². The molecule has 0 bridgehead atoms. The van der Waals surface area contributed by atoms with E-state index >= 15 is 0 Å². The van der Waals surface area contributed by atoms with Crippen LogP contribution in [0, 0.1) is 5.82 Å². The quantitative estimate of drug-likeness (QED) is 0.598. The lowest BCUT2D eigenvalue weighted by Crippen LogP contribution is -2.18. The van der Waals surface area contributed by atoms with Crippen molar-refractivity contribution < 1.29 is 9.13 Å². The van der Waals surface area contributed by atoms with Gasteiger partial charge >= 0.3 is 0 Å². The standard InChI is InChI=1S/C9H9FO/c1-11-9-4-6-2-3-7(10)5-8(6)9/h2-3,5,9H,4H2,1H3. The van der Waals surface area contributed by atoms with E-state index in [1.54, 1.807) is 13.2 Å². The molecule has 0 aliphatic heterocycles. The minimum atomic E-state index is -0.175. The summed E-state index contributed by atoms with van der Waals surface area (Å²) in [6.45, 7) is 0. The van der Waals surface area contributed by atoms with Gasteiger partial charge in [0.15, 0.2) is 0 Å². The van der Waals surface area contributed by atoms with Crippen LogP contribution in [0.1, 0.15) is 17.2 Å². The minimum absolute atomic E-state index is 0.126. The number of benzene rings is 1. The monoisotopic (exact) mass is 152 g/mol. The van der Waals surface area contributed by atoms with Gasteiger partial charge < -0.3 is 4.74 Å². The molecule has 0 amide bonds. The molecular formula is C9H9FO. The van der Waals surface area contributed by atoms with Crippen LogP contribution in [0.25, 0.3) is 0 Å². The maximum atomic E-state index is 12.6. The van der Waals surface area contributed by atoms with E-state index in [-0.39, 0.29) is 11.9 Å². The summed E-state index contributed by atoms with van der Waals surface area (Å²) in [6, 6.07) is 4.86. The maximum absolute atomic E-state index is 12.6. The Labute approximate surface area is 64.8 Å². The molecule has 1 aromatic rings. The first-order valence-corrected chi connectivity index (χ1v) is 3.62. The summed E-state index contributed by atoms with van der Waals surface area (Å²) in [5.41, 5.74) is 2.21. The van der Waals surface area contributed by atoms with Crippen LogP contribution in [-0.4, -0.2) is 7.11 Å². The van der Waals surface area contributed by atoms with Gasteiger partial charge in [-0.2, -0.15) is 0 Å². The van der Waals surface area contributed by atoms with E-state index in [0.717, 1.165) is 12.0 Å². The van der Waals surface area contributed by atoms with Gasteiger partial charge in [-0.1, -0.05) is 6.07 Å². The van der Waals surface area contributed by atoms with Gasteiger partial charge in [0.2, 0.25) is 0 Å². The Bertz CT molecular complexity index is 283. The molecule has 0 aromatic heterocycles. The number of methoxy groups -OCH3 is 1. The molecule has 1 unspecified atom stereocenters. The third-order valence-electron chi connectivity index (χ3n) is 2.14. The van der Waals surface area contributed by atoms with Gasteiger partial charge in [-0.15, -0.1) is 0 Å². The van der Waals surface area contributed by atoms with Crippen molar-refractivity contribution >= 4 is 0 Å². The first-order chi connectivity index (χ1) is 5.31. The molecule has 0 saturated heterocycles. The molecule has 1 nitrogen and oxygen atoms in total. The molecule has 1 atom stereocenters. The van der Waals surface area contributed by atoms with E-state index in [9.17, 15) is 4.39 Å². The Morgan fingerprint density at radius 2 is 2.36 bits per heavy atom. The van der Waals surface area contributed by atoms with E-state index in [4.69, 9.17) is 4.74 Å². The Hall–Kier alpha value is -0.890. The zero-order chi connectivity index (χ0) is 7.84. The summed E-state index contributed by atoms with van der Waals surface area (Å²) in [7, 11) is 1.65. The van der Waals surface area contributed by atoms with E-state index < -0.39 is 0 Å². The fraction of sp³-hybridized carbons (Fsp3) is 0.333. The molecule has 0 N–H and O–H groups in total. The molecule has 2 heteroatoms. The Morgan fingerprint density at radius 3 is 3.09 bits per heavy atom. The molecule has 0 spiro atoms. The third kappa shape index (κ3) is 0.942. The van der Waals surface area contributed by atoms with Crippen molar-refractivity contribution in [1.82, 2.24) is 0 Å². The number of halogens is 1. The highest BCUT2D eigenvalue weighted by molar-refractivity contribution is 5.38. The number of ether oxygens (including phenoxy) is 1. The van der Waals surface area contributed by atoms with Gasteiger partial charge in [0.25, 0.3) is 0 Å². The lowest BCUT2D eigenvalue weighted by Gasteiger charge is -2.28. The lowest BCUT2D eigenvalue weighted by atomic mass is 9.85. The molecule has 11 heavy (non-hydrogen) atoms. The predicted molar refractivity (Wildman–Crippen MR) is 39.9 cm³/mol. The van der Waals surface area contributed by atoms with Crippen LogP contribution in [0.2, 0.25) is 0 Å². The number of fused-ring (bicyclic) bond motifs is 1. The Kier molecular flexibility index (Phi) is 1.43. The predicted octanol–water partition coefficient (Wildman–Crippen LogP) is 2.07. The molecule has 1 aliphatic rings. The zero-order valence-electron chi connectivity index (χ0n) is 6.30. The number of hydrogen-bond acceptors (Lipinski definition) is 1. The summed E-state index contributed by atoms with van der Waals surface area (Å²) in [5, 5.41) is 0. The third-order valence-corrected chi connectivity index (χ3v) is 2.14. The lowest BCUT2D eigenvalue weighted by molar-refractivity contribution is 0.0841. The topological polar surface area (TPSA) is 9.23 Å². The second kappa shape index (κ2) is 2.31. The average Bonchev–Trinajstić information content (AvgIpc) is 1.97. The van der Waals surface area contributed by atoms with Gasteiger partial charge in [-0.25, -0.2) is 4.39 Å². The van der Waals surface area contributed by atoms with Crippen LogP contribution in [0.5, 0.6) is 0 Å². The summed E-state index contributed by atoms with van der Waals surface area (Å²) in [6.07, 6.45) is 1.05. The highest BCUT2D eigenvalue weighted by Gasteiger charge is 2.25. The highest BCUT2D eigenvalue weighted by atomic mass is 19.1. The van der Waals surface area contributed by atoms with E-state index in [1.165, 1.54) is 11.6 Å². The van der Waals surface area contributed by atoms with Crippen LogP contribution >= 0.6 is 0 Å². The summed E-state index contributed by atoms with van der Waals surface area (Å²) in [4.78, 5) is 0. The number of rotatable bonds is 1. The van der Waals surface area contributed by atoms with Crippen molar-refractivity contribution in [2.24, 2.45) is 0 Å². The van der Waals surface area contributed by atoms with Gasteiger partial charge in [-0.05, 0) is 23.3 Å². The smallest absolute Gasteiger partial charge is 0.123 e. The van der Waals surface area contributed by atoms with E-state index in [2.05, 4.69) is 0 Å². The SMILES string of the molecule is COC1Cc2ccc(F)cc21. The van der Waals surface area contributed by atoms with Crippen LogP contribution in [0.15, 0.2) is 18.2 Å².